The normalized spacial score (nSPS) is 24.5. The van der Waals surface area contributed by atoms with Crippen LogP contribution in [0.25, 0.3) is 16.8 Å². The van der Waals surface area contributed by atoms with Crippen LogP contribution >= 0.6 is 11.6 Å². The Labute approximate surface area is 344 Å². The van der Waals surface area contributed by atoms with E-state index in [9.17, 15) is 25.9 Å². The molecule has 2 aliphatic heterocycles. The van der Waals surface area contributed by atoms with Gasteiger partial charge in [0.05, 0.1) is 11.5 Å². The minimum atomic E-state index is -4.03. The molecule has 3 aromatic carbocycles. The number of anilines is 1. The van der Waals surface area contributed by atoms with Crippen molar-refractivity contribution in [3.8, 4) is 0 Å². The lowest BCUT2D eigenvalue weighted by molar-refractivity contribution is 0.203. The van der Waals surface area contributed by atoms with Crippen molar-refractivity contribution in [2.75, 3.05) is 29.5 Å². The Kier molecular flexibility index (Phi) is 11.9. The van der Waals surface area contributed by atoms with E-state index in [0.717, 1.165) is 46.8 Å². The monoisotopic (exact) mass is 830 g/mol. The summed E-state index contributed by atoms with van der Waals surface area (Å²) in [6.07, 6.45) is 18.1. The quantitative estimate of drug-likeness (QED) is 0.129. The maximum Gasteiger partial charge on any atom is 0.264 e. The minimum Gasteiger partial charge on any atom is -0.344 e. The van der Waals surface area contributed by atoms with Crippen molar-refractivity contribution in [3.63, 3.8) is 0 Å². The third-order valence-corrected chi connectivity index (χ3v) is 14.8. The molecule has 304 valence electrons. The molecular formula is C46H55ClN2O6S2. The molecule has 2 aliphatic carbocycles. The highest BCUT2D eigenvalue weighted by molar-refractivity contribution is 7.86. The molecule has 2 heterocycles. The number of benzene rings is 3. The van der Waals surface area contributed by atoms with E-state index in [0.29, 0.717) is 38.8 Å². The van der Waals surface area contributed by atoms with Crippen LogP contribution in [0.4, 0.5) is 5.69 Å². The van der Waals surface area contributed by atoms with Crippen LogP contribution in [0.2, 0.25) is 0 Å². The molecular weight excluding hydrogens is 776 g/mol. The third kappa shape index (κ3) is 8.63. The fourth-order valence-corrected chi connectivity index (χ4v) is 11.5. The van der Waals surface area contributed by atoms with Gasteiger partial charge in [-0.15, -0.1) is 0 Å². The Morgan fingerprint density at radius 2 is 1.51 bits per heavy atom. The van der Waals surface area contributed by atoms with E-state index in [2.05, 4.69) is 135 Å². The van der Waals surface area contributed by atoms with Crippen LogP contribution in [0.3, 0.4) is 0 Å². The summed E-state index contributed by atoms with van der Waals surface area (Å²) in [5.74, 6) is -0.249. The van der Waals surface area contributed by atoms with Crippen molar-refractivity contribution in [1.29, 1.82) is 0 Å². The number of likely N-dealkylation sites (tertiary alicyclic amines) is 1. The molecule has 11 heteroatoms. The molecule has 0 bridgehead atoms. The lowest BCUT2D eigenvalue weighted by Gasteiger charge is -2.34. The van der Waals surface area contributed by atoms with Crippen LogP contribution in [0.5, 0.6) is 0 Å². The third-order valence-electron chi connectivity index (χ3n) is 12.7. The van der Waals surface area contributed by atoms with Crippen LogP contribution in [-0.2, 0) is 25.7 Å². The number of hydrogen-bond acceptors (Lipinski definition) is 6. The van der Waals surface area contributed by atoms with Gasteiger partial charge in [-0.05, 0) is 108 Å². The van der Waals surface area contributed by atoms with Gasteiger partial charge >= 0.3 is 0 Å². The van der Waals surface area contributed by atoms with E-state index in [-0.39, 0.29) is 40.3 Å². The summed E-state index contributed by atoms with van der Waals surface area (Å²) in [5, 5.41) is 3.14. The van der Waals surface area contributed by atoms with Gasteiger partial charge in [-0.2, -0.15) is 16.8 Å². The van der Waals surface area contributed by atoms with Crippen molar-refractivity contribution in [2.45, 2.75) is 96.1 Å². The molecule has 3 atom stereocenters. The van der Waals surface area contributed by atoms with Gasteiger partial charge in [-0.3, -0.25) is 14.0 Å². The molecule has 3 aromatic rings. The summed E-state index contributed by atoms with van der Waals surface area (Å²) in [6.45, 7) is 10.5. The molecule has 0 spiro atoms. The van der Waals surface area contributed by atoms with Crippen LogP contribution in [-0.4, -0.2) is 67.5 Å². The zero-order valence-electron chi connectivity index (χ0n) is 33.4. The first-order valence-electron chi connectivity index (χ1n) is 20.2. The van der Waals surface area contributed by atoms with Crippen molar-refractivity contribution in [2.24, 2.45) is 5.41 Å². The highest BCUT2D eigenvalue weighted by Crippen LogP contribution is 2.55. The average Bonchev–Trinajstić information content (AvgIpc) is 3.51. The molecule has 0 amide bonds. The summed E-state index contributed by atoms with van der Waals surface area (Å²) in [4.78, 5) is 4.81. The predicted octanol–water partition coefficient (Wildman–Crippen LogP) is 10.2. The Morgan fingerprint density at radius 1 is 0.825 bits per heavy atom. The summed E-state index contributed by atoms with van der Waals surface area (Å²) >= 11 is 7.31. The smallest absolute Gasteiger partial charge is 0.264 e. The molecule has 7 rings (SSSR count). The highest BCUT2D eigenvalue weighted by Gasteiger charge is 2.53. The number of fused-ring (bicyclic) bond motifs is 6. The Morgan fingerprint density at radius 3 is 2.25 bits per heavy atom. The summed E-state index contributed by atoms with van der Waals surface area (Å²) in [5.41, 5.74) is 7.74. The maximum atomic E-state index is 11.5. The number of rotatable bonds is 13. The second-order valence-electron chi connectivity index (χ2n) is 17.2. The van der Waals surface area contributed by atoms with Crippen LogP contribution in [0.1, 0.15) is 95.2 Å². The van der Waals surface area contributed by atoms with E-state index in [1.165, 1.54) is 27.5 Å². The average molecular weight is 832 g/mol. The first kappa shape index (κ1) is 41.6. The van der Waals surface area contributed by atoms with E-state index < -0.39 is 20.2 Å². The summed E-state index contributed by atoms with van der Waals surface area (Å²) < 4.78 is 64.8. The van der Waals surface area contributed by atoms with Crippen LogP contribution < -0.4 is 4.90 Å². The molecule has 4 aliphatic rings. The molecule has 8 nitrogen and oxygen atoms in total. The van der Waals surface area contributed by atoms with Crippen molar-refractivity contribution < 1.29 is 25.9 Å². The minimum absolute atomic E-state index is 0.0597. The molecule has 0 radical (unpaired) electrons. The standard InChI is InChI=1S/C46H55ClN2O6S2/c1-45(2)40(48(28-9-11-30-56(50,51)52)38-24-20-32-14-5-7-18-36(32)42(38)45)26-22-34-16-13-17-35(44(34)47)23-27-41-46(3,4)43-37-19-8-6-15-33(37)21-25-39(43)49(41)29-10-12-31-57(53,54)55/h5-8,14-15,18-27,38,40,42H,9-13,16-17,28-31H2,1-4H3,(H,50,51,52)(H,53,54,55). The summed E-state index contributed by atoms with van der Waals surface area (Å²) in [7, 11) is -8.05. The molecule has 57 heavy (non-hydrogen) atoms. The van der Waals surface area contributed by atoms with Crippen molar-refractivity contribution in [1.82, 2.24) is 4.90 Å². The molecule has 1 saturated heterocycles. The second kappa shape index (κ2) is 16.3. The van der Waals surface area contributed by atoms with Gasteiger partial charge in [-0.1, -0.05) is 124 Å². The van der Waals surface area contributed by atoms with Gasteiger partial charge in [0.25, 0.3) is 20.2 Å². The zero-order chi connectivity index (χ0) is 40.8. The Hall–Kier alpha value is -3.51. The Balaban J connectivity index is 1.20. The van der Waals surface area contributed by atoms with Crippen LogP contribution in [0.15, 0.2) is 113 Å². The van der Waals surface area contributed by atoms with Gasteiger partial charge in [0.2, 0.25) is 0 Å². The lowest BCUT2D eigenvalue weighted by atomic mass is 9.68. The predicted molar refractivity (Wildman–Crippen MR) is 234 cm³/mol. The van der Waals surface area contributed by atoms with Gasteiger partial charge in [-0.25, -0.2) is 0 Å². The molecule has 3 unspecified atom stereocenters. The SMILES string of the molecule is CC1(C)C(=CC=C2CCCC(C=CC3N(CCCCS(=O)(=O)O)C4C=Cc5ccccc5C4C3(C)C)=C2Cl)N(CCCCS(=O)(=O)O)c2ccc3ccccc3c21. The van der Waals surface area contributed by atoms with Gasteiger partial charge in [0.1, 0.15) is 0 Å². The van der Waals surface area contributed by atoms with E-state index >= 15 is 0 Å². The number of nitrogens with zero attached hydrogens (tertiary/aromatic N) is 2. The molecule has 2 N–H and O–H groups in total. The van der Waals surface area contributed by atoms with Crippen LogP contribution in [0, 0.1) is 5.41 Å². The first-order valence-corrected chi connectivity index (χ1v) is 23.8. The number of allylic oxidation sites excluding steroid dienone is 7. The number of halogens is 1. The van der Waals surface area contributed by atoms with Gasteiger partial charge in [0, 0.05) is 46.4 Å². The fraction of sp³-hybridized carbons (Fsp3) is 0.435. The lowest BCUT2D eigenvalue weighted by Crippen LogP contribution is -2.38. The molecule has 0 aromatic heterocycles. The van der Waals surface area contributed by atoms with E-state index in [4.69, 9.17) is 11.6 Å². The number of unbranched alkanes of at least 4 members (excludes halogenated alkanes) is 2. The molecule has 1 fully saturated rings. The topological polar surface area (TPSA) is 115 Å². The largest absolute Gasteiger partial charge is 0.344 e. The van der Waals surface area contributed by atoms with E-state index in [1.54, 1.807) is 0 Å². The van der Waals surface area contributed by atoms with Crippen molar-refractivity contribution >= 4 is 54.4 Å². The molecule has 0 saturated carbocycles. The van der Waals surface area contributed by atoms with Gasteiger partial charge in [0.15, 0.2) is 0 Å². The highest BCUT2D eigenvalue weighted by atomic mass is 35.5. The maximum absolute atomic E-state index is 11.5. The van der Waals surface area contributed by atoms with Gasteiger partial charge < -0.3 is 4.90 Å². The summed E-state index contributed by atoms with van der Waals surface area (Å²) in [6, 6.07) is 21.5. The Bertz CT molecular complexity index is 2410. The fourth-order valence-electron chi connectivity index (χ4n) is 10.0. The number of hydrogen-bond donors (Lipinski definition) is 2. The first-order chi connectivity index (χ1) is 27.0. The second-order valence-corrected chi connectivity index (χ2v) is 20.7. The van der Waals surface area contributed by atoms with E-state index in [1.807, 2.05) is 0 Å². The zero-order valence-corrected chi connectivity index (χ0v) is 35.8. The van der Waals surface area contributed by atoms with Crippen molar-refractivity contribution in [3.05, 3.63) is 130 Å².